The molecule has 0 fully saturated rings. The van der Waals surface area contributed by atoms with Gasteiger partial charge in [-0.15, -0.1) is 0 Å². The van der Waals surface area contributed by atoms with E-state index >= 15 is 0 Å². The van der Waals surface area contributed by atoms with Crippen LogP contribution in [0.4, 0.5) is 0 Å². The Kier molecular flexibility index (Phi) is 2.87. The first-order chi connectivity index (χ1) is 10.8. The van der Waals surface area contributed by atoms with Gasteiger partial charge in [-0.3, -0.25) is 0 Å². The highest BCUT2D eigenvalue weighted by molar-refractivity contribution is 5.90. The zero-order valence-electron chi connectivity index (χ0n) is 11.5. The lowest BCUT2D eigenvalue weighted by molar-refractivity contribution is 0.173. The van der Waals surface area contributed by atoms with E-state index in [9.17, 15) is 5.26 Å². The topological polar surface area (TPSA) is 60.7 Å². The summed E-state index contributed by atoms with van der Waals surface area (Å²) in [6.45, 7) is 0.447. The molecule has 0 aromatic heterocycles. The lowest BCUT2D eigenvalue weighted by Gasteiger charge is -2.03. The average molecular weight is 293 g/mol. The highest BCUT2D eigenvalue weighted by Crippen LogP contribution is 2.36. The Hall–Kier alpha value is -3.13. The molecule has 4 rings (SSSR count). The van der Waals surface area contributed by atoms with Gasteiger partial charge in [0, 0.05) is 0 Å². The SMILES string of the molecule is N#C/C(=C\c1ccc2c(c1)OCO2)c1ccc2c(c1)OCO2. The lowest BCUT2D eigenvalue weighted by atomic mass is 10.0. The summed E-state index contributed by atoms with van der Waals surface area (Å²) >= 11 is 0. The summed E-state index contributed by atoms with van der Waals surface area (Å²) in [5.41, 5.74) is 2.19. The van der Waals surface area contributed by atoms with Crippen LogP contribution in [0.2, 0.25) is 0 Å². The average Bonchev–Trinajstić information content (AvgIpc) is 3.19. The molecule has 2 aromatic rings. The van der Waals surface area contributed by atoms with E-state index in [0.717, 1.165) is 16.9 Å². The first kappa shape index (κ1) is 12.6. The molecule has 2 aliphatic heterocycles. The van der Waals surface area contributed by atoms with E-state index in [2.05, 4.69) is 6.07 Å². The Morgan fingerprint density at radius 2 is 1.50 bits per heavy atom. The van der Waals surface area contributed by atoms with Gasteiger partial charge in [0.25, 0.3) is 0 Å². The molecule has 0 saturated heterocycles. The molecule has 0 unspecified atom stereocenters. The fourth-order valence-electron chi connectivity index (χ4n) is 2.41. The predicted octanol–water partition coefficient (Wildman–Crippen LogP) is 3.21. The first-order valence-electron chi connectivity index (χ1n) is 6.75. The standard InChI is InChI=1S/C17H11NO4/c18-8-13(12-2-4-15-17(7-12)22-10-20-15)5-11-1-3-14-16(6-11)21-9-19-14/h1-7H,9-10H2/b13-5+. The third-order valence-corrected chi connectivity index (χ3v) is 3.51. The van der Waals surface area contributed by atoms with E-state index in [1.54, 1.807) is 6.08 Å². The summed E-state index contributed by atoms with van der Waals surface area (Å²) in [7, 11) is 0. The van der Waals surface area contributed by atoms with E-state index in [1.807, 2.05) is 36.4 Å². The second-order valence-corrected chi connectivity index (χ2v) is 4.85. The molecule has 5 nitrogen and oxygen atoms in total. The summed E-state index contributed by atoms with van der Waals surface area (Å²) in [4.78, 5) is 0. The minimum absolute atomic E-state index is 0.215. The van der Waals surface area contributed by atoms with Crippen molar-refractivity contribution in [3.05, 3.63) is 47.5 Å². The molecule has 0 amide bonds. The van der Waals surface area contributed by atoms with Gasteiger partial charge in [0.1, 0.15) is 0 Å². The fourth-order valence-corrected chi connectivity index (χ4v) is 2.41. The van der Waals surface area contributed by atoms with Crippen molar-refractivity contribution in [3.8, 4) is 29.1 Å². The quantitative estimate of drug-likeness (QED) is 0.628. The third-order valence-electron chi connectivity index (χ3n) is 3.51. The minimum atomic E-state index is 0.215. The van der Waals surface area contributed by atoms with Crippen LogP contribution in [-0.4, -0.2) is 13.6 Å². The molecule has 0 aliphatic carbocycles. The molecule has 2 aliphatic rings. The van der Waals surface area contributed by atoms with E-state index in [1.165, 1.54) is 0 Å². The van der Waals surface area contributed by atoms with Crippen LogP contribution in [0.5, 0.6) is 23.0 Å². The number of nitriles is 1. The number of allylic oxidation sites excluding steroid dienone is 1. The second kappa shape index (κ2) is 5.01. The highest BCUT2D eigenvalue weighted by atomic mass is 16.7. The van der Waals surface area contributed by atoms with Crippen LogP contribution in [-0.2, 0) is 0 Å². The molecule has 2 aromatic carbocycles. The van der Waals surface area contributed by atoms with Gasteiger partial charge in [-0.25, -0.2) is 0 Å². The van der Waals surface area contributed by atoms with Crippen molar-refractivity contribution in [2.24, 2.45) is 0 Å². The molecule has 0 N–H and O–H groups in total. The molecule has 22 heavy (non-hydrogen) atoms. The summed E-state index contributed by atoms with van der Waals surface area (Å²) in [5.74, 6) is 2.77. The number of hydrogen-bond donors (Lipinski definition) is 0. The van der Waals surface area contributed by atoms with Crippen molar-refractivity contribution < 1.29 is 18.9 Å². The Morgan fingerprint density at radius 3 is 2.23 bits per heavy atom. The largest absolute Gasteiger partial charge is 0.454 e. The minimum Gasteiger partial charge on any atom is -0.454 e. The van der Waals surface area contributed by atoms with Crippen LogP contribution in [0.1, 0.15) is 11.1 Å². The summed E-state index contributed by atoms with van der Waals surface area (Å²) in [5, 5.41) is 9.44. The number of rotatable bonds is 2. The van der Waals surface area contributed by atoms with E-state index in [0.29, 0.717) is 22.8 Å². The fraction of sp³-hybridized carbons (Fsp3) is 0.118. The van der Waals surface area contributed by atoms with Crippen LogP contribution in [0.3, 0.4) is 0 Å². The van der Waals surface area contributed by atoms with Crippen LogP contribution in [0, 0.1) is 11.3 Å². The second-order valence-electron chi connectivity index (χ2n) is 4.85. The Bertz CT molecular complexity index is 820. The van der Waals surface area contributed by atoms with Crippen molar-refractivity contribution in [2.75, 3.05) is 13.6 Å². The Morgan fingerprint density at radius 1 is 0.864 bits per heavy atom. The summed E-state index contributed by atoms with van der Waals surface area (Å²) in [6.07, 6.45) is 1.81. The van der Waals surface area contributed by atoms with Gasteiger partial charge in [0.2, 0.25) is 13.6 Å². The number of nitrogens with zero attached hydrogens (tertiary/aromatic N) is 1. The van der Waals surface area contributed by atoms with Crippen LogP contribution >= 0.6 is 0 Å². The molecule has 0 spiro atoms. The maximum atomic E-state index is 9.44. The van der Waals surface area contributed by atoms with Crippen LogP contribution < -0.4 is 18.9 Å². The Balaban J connectivity index is 1.71. The third kappa shape index (κ3) is 2.11. The maximum Gasteiger partial charge on any atom is 0.231 e. The number of ether oxygens (including phenoxy) is 4. The van der Waals surface area contributed by atoms with E-state index < -0.39 is 0 Å². The van der Waals surface area contributed by atoms with Crippen molar-refractivity contribution >= 4 is 11.6 Å². The molecular formula is C17H11NO4. The molecular weight excluding hydrogens is 282 g/mol. The molecule has 0 radical (unpaired) electrons. The van der Waals surface area contributed by atoms with Gasteiger partial charge < -0.3 is 18.9 Å². The normalized spacial score (nSPS) is 14.8. The van der Waals surface area contributed by atoms with Crippen molar-refractivity contribution in [3.63, 3.8) is 0 Å². The van der Waals surface area contributed by atoms with Gasteiger partial charge in [-0.1, -0.05) is 6.07 Å². The number of fused-ring (bicyclic) bond motifs is 2. The molecule has 108 valence electrons. The van der Waals surface area contributed by atoms with Gasteiger partial charge in [-0.05, 0) is 47.5 Å². The van der Waals surface area contributed by atoms with Crippen molar-refractivity contribution in [2.45, 2.75) is 0 Å². The van der Waals surface area contributed by atoms with Crippen molar-refractivity contribution in [1.29, 1.82) is 5.26 Å². The highest BCUT2D eigenvalue weighted by Gasteiger charge is 2.16. The monoisotopic (exact) mass is 293 g/mol. The maximum absolute atomic E-state index is 9.44. The van der Waals surface area contributed by atoms with Gasteiger partial charge in [0.05, 0.1) is 11.6 Å². The van der Waals surface area contributed by atoms with Gasteiger partial charge in [0.15, 0.2) is 23.0 Å². The molecule has 5 heteroatoms. The van der Waals surface area contributed by atoms with Crippen LogP contribution in [0.25, 0.3) is 11.6 Å². The number of hydrogen-bond acceptors (Lipinski definition) is 5. The first-order valence-corrected chi connectivity index (χ1v) is 6.75. The smallest absolute Gasteiger partial charge is 0.231 e. The summed E-state index contributed by atoms with van der Waals surface area (Å²) in [6, 6.07) is 13.3. The van der Waals surface area contributed by atoms with Gasteiger partial charge in [-0.2, -0.15) is 5.26 Å². The zero-order chi connectivity index (χ0) is 14.9. The van der Waals surface area contributed by atoms with E-state index in [4.69, 9.17) is 18.9 Å². The van der Waals surface area contributed by atoms with Gasteiger partial charge >= 0.3 is 0 Å². The van der Waals surface area contributed by atoms with Crippen LogP contribution in [0.15, 0.2) is 36.4 Å². The van der Waals surface area contributed by atoms with E-state index in [-0.39, 0.29) is 13.6 Å². The predicted molar refractivity (Wildman–Crippen MR) is 78.6 cm³/mol. The van der Waals surface area contributed by atoms with Crippen molar-refractivity contribution in [1.82, 2.24) is 0 Å². The molecule has 2 heterocycles. The molecule has 0 saturated carbocycles. The zero-order valence-corrected chi connectivity index (χ0v) is 11.5. The molecule has 0 atom stereocenters. The summed E-state index contributed by atoms with van der Waals surface area (Å²) < 4.78 is 21.3. The Labute approximate surface area is 126 Å². The lowest BCUT2D eigenvalue weighted by Crippen LogP contribution is -1.92. The molecule has 0 bridgehead atoms. The number of benzene rings is 2.